The zero-order valence-corrected chi connectivity index (χ0v) is 29.7. The van der Waals surface area contributed by atoms with E-state index in [1.165, 1.54) is 54.6 Å². The highest BCUT2D eigenvalue weighted by Crippen LogP contribution is 2.46. The van der Waals surface area contributed by atoms with Crippen molar-refractivity contribution in [2.45, 2.75) is 0 Å². The highest BCUT2D eigenvalue weighted by molar-refractivity contribution is 6.24. The normalized spacial score (nSPS) is 11.3. The van der Waals surface area contributed by atoms with E-state index in [0.29, 0.717) is 0 Å². The number of hydrogen-bond donors (Lipinski definition) is 0. The standard InChI is InChI=1S/C52H36N2/c1-5-17-43(18-6-1)53(44-19-7-2-8-20-44)49-27-15-13-25-47(49)41-33-37-29-31-39-35-42(36-40-32-30-38(34-41)51(37)52(39)40)48-26-14-16-28-50(48)54(45-21-9-3-10-22-45)46-23-11-4-12-24-46/h1-36H. The van der Waals surface area contributed by atoms with E-state index in [9.17, 15) is 0 Å². The van der Waals surface area contributed by atoms with Crippen molar-refractivity contribution in [2.75, 3.05) is 9.80 Å². The summed E-state index contributed by atoms with van der Waals surface area (Å²) in [6.07, 6.45) is 0. The van der Waals surface area contributed by atoms with Gasteiger partial charge in [0.15, 0.2) is 0 Å². The van der Waals surface area contributed by atoms with Gasteiger partial charge in [-0.15, -0.1) is 0 Å². The molecule has 0 bridgehead atoms. The second kappa shape index (κ2) is 13.4. The van der Waals surface area contributed by atoms with Crippen LogP contribution in [0.25, 0.3) is 54.6 Å². The minimum Gasteiger partial charge on any atom is -0.310 e. The number of anilines is 6. The predicted octanol–water partition coefficient (Wildman–Crippen LogP) is 14.9. The lowest BCUT2D eigenvalue weighted by molar-refractivity contribution is 1.28. The molecule has 0 saturated carbocycles. The van der Waals surface area contributed by atoms with Crippen LogP contribution in [0.2, 0.25) is 0 Å². The smallest absolute Gasteiger partial charge is 0.0540 e. The molecule has 0 unspecified atom stereocenters. The van der Waals surface area contributed by atoms with Crippen molar-refractivity contribution in [1.82, 2.24) is 0 Å². The monoisotopic (exact) mass is 688 g/mol. The van der Waals surface area contributed by atoms with E-state index in [1.54, 1.807) is 0 Å². The van der Waals surface area contributed by atoms with E-state index in [2.05, 4.69) is 228 Å². The first-order valence-electron chi connectivity index (χ1n) is 18.5. The van der Waals surface area contributed by atoms with Crippen LogP contribution in [-0.2, 0) is 0 Å². The molecule has 0 heterocycles. The van der Waals surface area contributed by atoms with Crippen LogP contribution in [0.3, 0.4) is 0 Å². The first-order chi connectivity index (χ1) is 26.8. The topological polar surface area (TPSA) is 6.48 Å². The van der Waals surface area contributed by atoms with Crippen molar-refractivity contribution in [3.63, 3.8) is 0 Å². The maximum Gasteiger partial charge on any atom is 0.0540 e. The lowest BCUT2D eigenvalue weighted by Gasteiger charge is -2.28. The summed E-state index contributed by atoms with van der Waals surface area (Å²) in [5, 5.41) is 7.60. The predicted molar refractivity (Wildman–Crippen MR) is 230 cm³/mol. The number of para-hydroxylation sites is 6. The summed E-state index contributed by atoms with van der Waals surface area (Å²) >= 11 is 0. The fourth-order valence-electron chi connectivity index (χ4n) is 8.14. The van der Waals surface area contributed by atoms with Crippen molar-refractivity contribution in [3.05, 3.63) is 218 Å². The van der Waals surface area contributed by atoms with Crippen LogP contribution in [-0.4, -0.2) is 0 Å². The summed E-state index contributed by atoms with van der Waals surface area (Å²) in [6.45, 7) is 0. The number of rotatable bonds is 8. The molecule has 254 valence electrons. The van der Waals surface area contributed by atoms with Gasteiger partial charge in [0, 0.05) is 33.9 Å². The zero-order valence-electron chi connectivity index (χ0n) is 29.7. The Balaban J connectivity index is 1.11. The van der Waals surface area contributed by atoms with Gasteiger partial charge >= 0.3 is 0 Å². The summed E-state index contributed by atoms with van der Waals surface area (Å²) in [5.74, 6) is 0. The van der Waals surface area contributed by atoms with Crippen LogP contribution in [0.5, 0.6) is 0 Å². The fraction of sp³-hybridized carbons (Fsp3) is 0. The molecule has 10 rings (SSSR count). The second-order valence-electron chi connectivity index (χ2n) is 13.8. The molecule has 0 aliphatic carbocycles. The number of nitrogens with zero attached hydrogens (tertiary/aromatic N) is 2. The van der Waals surface area contributed by atoms with Gasteiger partial charge in [-0.25, -0.2) is 0 Å². The second-order valence-corrected chi connectivity index (χ2v) is 13.8. The summed E-state index contributed by atoms with van der Waals surface area (Å²) in [6, 6.07) is 78.8. The molecule has 0 aromatic heterocycles. The minimum atomic E-state index is 1.13. The van der Waals surface area contributed by atoms with Crippen molar-refractivity contribution in [2.24, 2.45) is 0 Å². The highest BCUT2D eigenvalue weighted by atomic mass is 15.1. The third-order valence-electron chi connectivity index (χ3n) is 10.5. The SMILES string of the molecule is c1ccc(N(c2ccccc2)c2ccccc2-c2cc3ccc4cc(-c5ccccc5N(c5ccccc5)c5ccccc5)cc5ccc(c2)c3c45)cc1. The van der Waals surface area contributed by atoms with Gasteiger partial charge in [-0.3, -0.25) is 0 Å². The van der Waals surface area contributed by atoms with Crippen molar-refractivity contribution in [3.8, 4) is 22.3 Å². The van der Waals surface area contributed by atoms with Crippen LogP contribution in [0, 0.1) is 0 Å². The van der Waals surface area contributed by atoms with Crippen LogP contribution in [0.1, 0.15) is 0 Å². The minimum absolute atomic E-state index is 1.13. The maximum absolute atomic E-state index is 2.37. The third kappa shape index (κ3) is 5.53. The Kier molecular flexibility index (Phi) is 7.85. The molecule has 0 aliphatic rings. The summed E-state index contributed by atoms with van der Waals surface area (Å²) in [5.41, 5.74) is 11.6. The Hall–Kier alpha value is -7.16. The summed E-state index contributed by atoms with van der Waals surface area (Å²) in [7, 11) is 0. The van der Waals surface area contributed by atoms with Gasteiger partial charge in [0.25, 0.3) is 0 Å². The van der Waals surface area contributed by atoms with Gasteiger partial charge in [0.2, 0.25) is 0 Å². The molecule has 0 radical (unpaired) electrons. The quantitative estimate of drug-likeness (QED) is 0.147. The van der Waals surface area contributed by atoms with Crippen molar-refractivity contribution in [1.29, 1.82) is 0 Å². The van der Waals surface area contributed by atoms with Crippen LogP contribution >= 0.6 is 0 Å². The van der Waals surface area contributed by atoms with Crippen molar-refractivity contribution < 1.29 is 0 Å². The molecule has 2 heteroatoms. The Labute approximate surface area is 315 Å². The molecular formula is C52H36N2. The van der Waals surface area contributed by atoms with Gasteiger partial charge in [0.1, 0.15) is 0 Å². The lowest BCUT2D eigenvalue weighted by atomic mass is 9.89. The lowest BCUT2D eigenvalue weighted by Crippen LogP contribution is -2.11. The molecule has 2 nitrogen and oxygen atoms in total. The molecule has 0 saturated heterocycles. The molecule has 0 fully saturated rings. The molecular weight excluding hydrogens is 653 g/mol. The third-order valence-corrected chi connectivity index (χ3v) is 10.5. The van der Waals surface area contributed by atoms with E-state index in [0.717, 1.165) is 34.1 Å². The molecule has 10 aromatic carbocycles. The number of hydrogen-bond acceptors (Lipinski definition) is 2. The van der Waals surface area contributed by atoms with E-state index in [1.807, 2.05) is 0 Å². The van der Waals surface area contributed by atoms with Gasteiger partial charge in [-0.05, 0) is 128 Å². The van der Waals surface area contributed by atoms with E-state index >= 15 is 0 Å². The van der Waals surface area contributed by atoms with Crippen LogP contribution in [0.15, 0.2) is 218 Å². The first-order valence-corrected chi connectivity index (χ1v) is 18.5. The van der Waals surface area contributed by atoms with Gasteiger partial charge < -0.3 is 9.80 Å². The Morgan fingerprint density at radius 1 is 0.241 bits per heavy atom. The Morgan fingerprint density at radius 3 is 0.796 bits per heavy atom. The number of benzene rings is 10. The molecule has 0 atom stereocenters. The molecule has 0 aliphatic heterocycles. The van der Waals surface area contributed by atoms with Crippen molar-refractivity contribution >= 4 is 66.4 Å². The summed E-state index contributed by atoms with van der Waals surface area (Å²) < 4.78 is 0. The van der Waals surface area contributed by atoms with Crippen LogP contribution in [0.4, 0.5) is 34.1 Å². The molecule has 0 amide bonds. The maximum atomic E-state index is 2.37. The molecule has 10 aromatic rings. The van der Waals surface area contributed by atoms with Gasteiger partial charge in [0.05, 0.1) is 11.4 Å². The first kappa shape index (κ1) is 31.6. The molecule has 0 spiro atoms. The highest BCUT2D eigenvalue weighted by Gasteiger charge is 2.20. The average Bonchev–Trinajstić information content (AvgIpc) is 3.25. The molecule has 54 heavy (non-hydrogen) atoms. The van der Waals surface area contributed by atoms with Gasteiger partial charge in [-0.2, -0.15) is 0 Å². The fourth-order valence-corrected chi connectivity index (χ4v) is 8.14. The molecule has 0 N–H and O–H groups in total. The zero-order chi connectivity index (χ0) is 35.8. The van der Waals surface area contributed by atoms with Gasteiger partial charge in [-0.1, -0.05) is 133 Å². The van der Waals surface area contributed by atoms with Crippen LogP contribution < -0.4 is 9.80 Å². The Morgan fingerprint density at radius 2 is 0.500 bits per heavy atom. The average molecular weight is 689 g/mol. The van der Waals surface area contributed by atoms with E-state index in [4.69, 9.17) is 0 Å². The van der Waals surface area contributed by atoms with E-state index < -0.39 is 0 Å². The van der Waals surface area contributed by atoms with E-state index in [-0.39, 0.29) is 0 Å². The largest absolute Gasteiger partial charge is 0.310 e. The summed E-state index contributed by atoms with van der Waals surface area (Å²) in [4.78, 5) is 4.71. The Bertz CT molecular complexity index is 2520.